The Labute approximate surface area is 142 Å². The zero-order valence-corrected chi connectivity index (χ0v) is 13.8. The fraction of sp³-hybridized carbons (Fsp3) is 0.400. The van der Waals surface area contributed by atoms with Gasteiger partial charge in [-0.3, -0.25) is 4.90 Å². The molecule has 1 heterocycles. The van der Waals surface area contributed by atoms with Crippen LogP contribution >= 0.6 is 0 Å². The number of aliphatic hydroxyl groups excluding tert-OH is 1. The van der Waals surface area contributed by atoms with Crippen LogP contribution in [0.1, 0.15) is 36.4 Å². The first-order valence-corrected chi connectivity index (χ1v) is 8.58. The van der Waals surface area contributed by atoms with Gasteiger partial charge in [-0.05, 0) is 54.8 Å². The fourth-order valence-electron chi connectivity index (χ4n) is 3.40. The highest BCUT2D eigenvalue weighted by Gasteiger charge is 2.24. The van der Waals surface area contributed by atoms with E-state index in [1.807, 2.05) is 24.3 Å². The zero-order chi connectivity index (χ0) is 16.8. The van der Waals surface area contributed by atoms with Gasteiger partial charge >= 0.3 is 0 Å². The molecule has 0 unspecified atom stereocenters. The Balaban J connectivity index is 1.74. The van der Waals surface area contributed by atoms with E-state index in [9.17, 15) is 4.39 Å². The molecule has 1 aliphatic heterocycles. The number of hydrogen-bond acceptors (Lipinski definition) is 3. The highest BCUT2D eigenvalue weighted by Crippen LogP contribution is 2.32. The molecule has 24 heavy (non-hydrogen) atoms. The Morgan fingerprint density at radius 2 is 2.00 bits per heavy atom. The molecule has 0 bridgehead atoms. The maximum Gasteiger partial charge on any atom is 0.123 e. The number of nitrogens with zero attached hydrogens (tertiary/aromatic N) is 1. The Morgan fingerprint density at radius 1 is 1.12 bits per heavy atom. The average Bonchev–Trinajstić information content (AvgIpc) is 2.61. The maximum absolute atomic E-state index is 13.6. The molecule has 0 saturated carbocycles. The summed E-state index contributed by atoms with van der Waals surface area (Å²) in [6, 6.07) is 15.2. The molecule has 3 nitrogen and oxygen atoms in total. The lowest BCUT2D eigenvalue weighted by molar-refractivity contribution is 0.140. The molecule has 1 N–H and O–H groups in total. The van der Waals surface area contributed by atoms with Gasteiger partial charge in [0, 0.05) is 12.6 Å². The number of likely N-dealkylation sites (tertiary alicyclic amines) is 1. The van der Waals surface area contributed by atoms with E-state index in [2.05, 4.69) is 11.0 Å². The van der Waals surface area contributed by atoms with Crippen molar-refractivity contribution < 1.29 is 14.2 Å². The van der Waals surface area contributed by atoms with Gasteiger partial charge in [-0.1, -0.05) is 30.7 Å². The number of benzene rings is 2. The molecule has 4 heteroatoms. The van der Waals surface area contributed by atoms with Crippen LogP contribution in [0.15, 0.2) is 48.5 Å². The lowest BCUT2D eigenvalue weighted by Crippen LogP contribution is -2.33. The van der Waals surface area contributed by atoms with Crippen molar-refractivity contribution in [3.05, 3.63) is 65.5 Å². The van der Waals surface area contributed by atoms with Crippen molar-refractivity contribution in [3.8, 4) is 5.75 Å². The summed E-state index contributed by atoms with van der Waals surface area (Å²) in [5.74, 6) is 0.610. The summed E-state index contributed by atoms with van der Waals surface area (Å²) in [5, 5.41) is 8.88. The van der Waals surface area contributed by atoms with Crippen LogP contribution in [0.5, 0.6) is 5.75 Å². The van der Waals surface area contributed by atoms with Crippen molar-refractivity contribution in [1.82, 2.24) is 4.90 Å². The summed E-state index contributed by atoms with van der Waals surface area (Å²) < 4.78 is 19.1. The van der Waals surface area contributed by atoms with Crippen LogP contribution in [0.25, 0.3) is 0 Å². The number of halogens is 1. The monoisotopic (exact) mass is 329 g/mol. The van der Waals surface area contributed by atoms with Crippen molar-refractivity contribution in [2.24, 2.45) is 0 Å². The number of rotatable bonds is 6. The van der Waals surface area contributed by atoms with Gasteiger partial charge in [-0.2, -0.15) is 0 Å². The van der Waals surface area contributed by atoms with Crippen LogP contribution in [0, 0.1) is 5.82 Å². The van der Waals surface area contributed by atoms with Crippen LogP contribution in [0.2, 0.25) is 0 Å². The predicted molar refractivity (Wildman–Crippen MR) is 92.4 cm³/mol. The molecule has 1 fully saturated rings. The van der Waals surface area contributed by atoms with Gasteiger partial charge in [0.25, 0.3) is 0 Å². The SMILES string of the molecule is OCCOc1cccc(CN2CCCC[C@H]2c2cccc(F)c2)c1. The molecule has 3 rings (SSSR count). The third kappa shape index (κ3) is 4.34. The largest absolute Gasteiger partial charge is 0.491 e. The molecular weight excluding hydrogens is 305 g/mol. The molecule has 128 valence electrons. The summed E-state index contributed by atoms with van der Waals surface area (Å²) in [6.07, 6.45) is 3.41. The van der Waals surface area contributed by atoms with Crippen LogP contribution in [-0.4, -0.2) is 29.8 Å². The molecule has 2 aromatic rings. The normalized spacial score (nSPS) is 18.5. The Hall–Kier alpha value is -1.91. The van der Waals surface area contributed by atoms with Gasteiger partial charge in [0.1, 0.15) is 18.2 Å². The standard InChI is InChI=1S/C20H24FNO2/c21-18-7-4-6-17(14-18)20-9-1-2-10-22(20)15-16-5-3-8-19(13-16)24-12-11-23/h3-8,13-14,20,23H,1-2,9-12,15H2/t20-/m0/s1. The zero-order valence-electron chi connectivity index (χ0n) is 13.8. The van der Waals surface area contributed by atoms with Crippen LogP contribution in [0.4, 0.5) is 4.39 Å². The van der Waals surface area contributed by atoms with E-state index in [0.29, 0.717) is 6.61 Å². The highest BCUT2D eigenvalue weighted by molar-refractivity contribution is 5.29. The van der Waals surface area contributed by atoms with E-state index in [1.54, 1.807) is 12.1 Å². The van der Waals surface area contributed by atoms with Gasteiger partial charge in [-0.25, -0.2) is 4.39 Å². The highest BCUT2D eigenvalue weighted by atomic mass is 19.1. The van der Waals surface area contributed by atoms with E-state index in [1.165, 1.54) is 24.5 Å². The van der Waals surface area contributed by atoms with Crippen LogP contribution < -0.4 is 4.74 Å². The van der Waals surface area contributed by atoms with Crippen molar-refractivity contribution in [1.29, 1.82) is 0 Å². The Morgan fingerprint density at radius 3 is 2.83 bits per heavy atom. The lowest BCUT2D eigenvalue weighted by Gasteiger charge is -2.36. The number of aliphatic hydroxyl groups is 1. The van der Waals surface area contributed by atoms with Crippen molar-refractivity contribution in [3.63, 3.8) is 0 Å². The molecule has 0 radical (unpaired) electrons. The molecular formula is C20H24FNO2. The molecule has 2 aromatic carbocycles. The molecule has 0 aliphatic carbocycles. The smallest absolute Gasteiger partial charge is 0.123 e. The molecule has 0 aromatic heterocycles. The quantitative estimate of drug-likeness (QED) is 0.872. The van der Waals surface area contributed by atoms with E-state index in [0.717, 1.165) is 30.8 Å². The van der Waals surface area contributed by atoms with Crippen molar-refractivity contribution in [2.45, 2.75) is 31.8 Å². The number of ether oxygens (including phenoxy) is 1. The minimum Gasteiger partial charge on any atom is -0.491 e. The second-order valence-corrected chi connectivity index (χ2v) is 6.26. The van der Waals surface area contributed by atoms with Crippen molar-refractivity contribution in [2.75, 3.05) is 19.8 Å². The lowest BCUT2D eigenvalue weighted by atomic mass is 9.94. The number of hydrogen-bond donors (Lipinski definition) is 1. The van der Waals surface area contributed by atoms with E-state index in [4.69, 9.17) is 9.84 Å². The van der Waals surface area contributed by atoms with Gasteiger partial charge in [-0.15, -0.1) is 0 Å². The third-order valence-corrected chi connectivity index (χ3v) is 4.49. The van der Waals surface area contributed by atoms with Gasteiger partial charge in [0.05, 0.1) is 6.61 Å². The van der Waals surface area contributed by atoms with Crippen molar-refractivity contribution >= 4 is 0 Å². The molecule has 0 spiro atoms. The molecule has 1 saturated heterocycles. The third-order valence-electron chi connectivity index (χ3n) is 4.49. The molecule has 1 aliphatic rings. The second kappa shape index (κ2) is 8.27. The first-order valence-electron chi connectivity index (χ1n) is 8.58. The summed E-state index contributed by atoms with van der Waals surface area (Å²) >= 11 is 0. The fourth-order valence-corrected chi connectivity index (χ4v) is 3.40. The predicted octanol–water partition coefficient (Wildman–Crippen LogP) is 3.92. The van der Waals surface area contributed by atoms with E-state index < -0.39 is 0 Å². The topological polar surface area (TPSA) is 32.7 Å². The van der Waals surface area contributed by atoms with Gasteiger partial charge < -0.3 is 9.84 Å². The van der Waals surface area contributed by atoms with Gasteiger partial charge in [0.15, 0.2) is 0 Å². The van der Waals surface area contributed by atoms with Crippen LogP contribution in [0.3, 0.4) is 0 Å². The first kappa shape index (κ1) is 16.9. The van der Waals surface area contributed by atoms with E-state index >= 15 is 0 Å². The maximum atomic E-state index is 13.6. The van der Waals surface area contributed by atoms with Gasteiger partial charge in [0.2, 0.25) is 0 Å². The molecule has 1 atom stereocenters. The minimum atomic E-state index is -0.169. The summed E-state index contributed by atoms with van der Waals surface area (Å²) in [5.41, 5.74) is 2.23. The Kier molecular flexibility index (Phi) is 5.83. The molecule has 0 amide bonds. The summed E-state index contributed by atoms with van der Waals surface area (Å²) in [7, 11) is 0. The average molecular weight is 329 g/mol. The summed E-state index contributed by atoms with van der Waals surface area (Å²) in [4.78, 5) is 2.42. The van der Waals surface area contributed by atoms with Crippen LogP contribution in [-0.2, 0) is 6.54 Å². The second-order valence-electron chi connectivity index (χ2n) is 6.26. The Bertz CT molecular complexity index is 662. The summed E-state index contributed by atoms with van der Waals surface area (Å²) in [6.45, 7) is 2.15. The van der Waals surface area contributed by atoms with E-state index in [-0.39, 0.29) is 18.5 Å². The number of piperidine rings is 1. The first-order chi connectivity index (χ1) is 11.8. The minimum absolute atomic E-state index is 0.0119.